The van der Waals surface area contributed by atoms with Crippen LogP contribution in [0, 0.1) is 0 Å². The zero-order valence-electron chi connectivity index (χ0n) is 18.0. The molecule has 2 aromatic heterocycles. The van der Waals surface area contributed by atoms with Crippen LogP contribution in [0.4, 0.5) is 5.95 Å². The number of aromatic nitrogens is 4. The number of nitrogens with zero attached hydrogens (tertiary/aromatic N) is 4. The van der Waals surface area contributed by atoms with Gasteiger partial charge in [-0.2, -0.15) is 0 Å². The SMILES string of the molecule is COc1ccc(CNc2nc3ccccc3n2CCCn2ccnc2)c(OC)c1OC. The van der Waals surface area contributed by atoms with Crippen molar-refractivity contribution < 1.29 is 14.2 Å². The Bertz CT molecular complexity index is 1140. The fraction of sp³-hybridized carbons (Fsp3) is 0.304. The second-order valence-electron chi connectivity index (χ2n) is 7.08. The fourth-order valence-corrected chi connectivity index (χ4v) is 3.74. The molecule has 0 amide bonds. The van der Waals surface area contributed by atoms with Crippen molar-refractivity contribution in [3.63, 3.8) is 0 Å². The molecule has 8 heteroatoms. The number of aryl methyl sites for hydroxylation is 2. The van der Waals surface area contributed by atoms with Crippen molar-refractivity contribution in [3.05, 3.63) is 60.7 Å². The molecule has 8 nitrogen and oxygen atoms in total. The average Bonchev–Trinajstić information content (AvgIpc) is 3.45. The molecule has 0 aliphatic rings. The lowest BCUT2D eigenvalue weighted by Gasteiger charge is -2.17. The van der Waals surface area contributed by atoms with Gasteiger partial charge in [0.15, 0.2) is 11.5 Å². The maximum Gasteiger partial charge on any atom is 0.204 e. The molecule has 0 fully saturated rings. The van der Waals surface area contributed by atoms with Crippen LogP contribution in [-0.2, 0) is 19.6 Å². The molecule has 0 spiro atoms. The molecule has 4 rings (SSSR count). The maximum atomic E-state index is 5.61. The number of hydrogen-bond acceptors (Lipinski definition) is 6. The first-order valence-corrected chi connectivity index (χ1v) is 10.2. The highest BCUT2D eigenvalue weighted by Crippen LogP contribution is 2.40. The second-order valence-corrected chi connectivity index (χ2v) is 7.08. The van der Waals surface area contributed by atoms with Crippen LogP contribution >= 0.6 is 0 Å². The van der Waals surface area contributed by atoms with E-state index in [0.29, 0.717) is 23.8 Å². The molecule has 0 aliphatic heterocycles. The molecule has 31 heavy (non-hydrogen) atoms. The predicted molar refractivity (Wildman–Crippen MR) is 120 cm³/mol. The maximum absolute atomic E-state index is 5.61. The van der Waals surface area contributed by atoms with E-state index in [9.17, 15) is 0 Å². The van der Waals surface area contributed by atoms with E-state index in [4.69, 9.17) is 19.2 Å². The number of methoxy groups -OCH3 is 3. The van der Waals surface area contributed by atoms with E-state index in [0.717, 1.165) is 42.1 Å². The summed E-state index contributed by atoms with van der Waals surface area (Å²) in [6, 6.07) is 12.0. The average molecular weight is 422 g/mol. The lowest BCUT2D eigenvalue weighted by Crippen LogP contribution is -2.10. The van der Waals surface area contributed by atoms with Crippen LogP contribution in [0.5, 0.6) is 17.2 Å². The molecule has 0 unspecified atom stereocenters. The van der Waals surface area contributed by atoms with Gasteiger partial charge < -0.3 is 28.7 Å². The summed E-state index contributed by atoms with van der Waals surface area (Å²) < 4.78 is 20.8. The summed E-state index contributed by atoms with van der Waals surface area (Å²) in [4.78, 5) is 8.92. The van der Waals surface area contributed by atoms with Crippen molar-refractivity contribution in [3.8, 4) is 17.2 Å². The van der Waals surface area contributed by atoms with Crippen LogP contribution in [0.1, 0.15) is 12.0 Å². The van der Waals surface area contributed by atoms with Gasteiger partial charge in [0, 0.05) is 37.6 Å². The number of hydrogen-bond donors (Lipinski definition) is 1. The molecule has 0 atom stereocenters. The minimum Gasteiger partial charge on any atom is -0.493 e. The van der Waals surface area contributed by atoms with E-state index in [1.807, 2.05) is 42.9 Å². The molecular formula is C23H27N5O3. The molecule has 2 aromatic carbocycles. The van der Waals surface area contributed by atoms with E-state index < -0.39 is 0 Å². The zero-order valence-corrected chi connectivity index (χ0v) is 18.0. The minimum atomic E-state index is 0.536. The molecular weight excluding hydrogens is 394 g/mol. The van der Waals surface area contributed by atoms with Gasteiger partial charge in [-0.15, -0.1) is 0 Å². The van der Waals surface area contributed by atoms with E-state index in [1.54, 1.807) is 27.5 Å². The summed E-state index contributed by atoms with van der Waals surface area (Å²) in [6.07, 6.45) is 6.59. The van der Waals surface area contributed by atoms with Crippen LogP contribution in [0.2, 0.25) is 0 Å². The lowest BCUT2D eigenvalue weighted by atomic mass is 10.1. The largest absolute Gasteiger partial charge is 0.493 e. The first-order chi connectivity index (χ1) is 15.2. The number of imidazole rings is 2. The van der Waals surface area contributed by atoms with Gasteiger partial charge in [0.2, 0.25) is 11.7 Å². The molecule has 0 aliphatic carbocycles. The molecule has 162 valence electrons. The first kappa shape index (κ1) is 20.6. The minimum absolute atomic E-state index is 0.536. The summed E-state index contributed by atoms with van der Waals surface area (Å²) >= 11 is 0. The van der Waals surface area contributed by atoms with Gasteiger partial charge in [-0.3, -0.25) is 0 Å². The van der Waals surface area contributed by atoms with Crippen LogP contribution < -0.4 is 19.5 Å². The molecule has 0 bridgehead atoms. The predicted octanol–water partition coefficient (Wildman–Crippen LogP) is 3.96. The van der Waals surface area contributed by atoms with Gasteiger partial charge in [0.25, 0.3) is 0 Å². The number of rotatable bonds is 10. The van der Waals surface area contributed by atoms with Crippen LogP contribution in [0.25, 0.3) is 11.0 Å². The summed E-state index contributed by atoms with van der Waals surface area (Å²) in [5.74, 6) is 2.69. The third-order valence-electron chi connectivity index (χ3n) is 5.23. The topological polar surface area (TPSA) is 75.4 Å². The Morgan fingerprint density at radius 1 is 0.935 bits per heavy atom. The van der Waals surface area contributed by atoms with E-state index >= 15 is 0 Å². The number of benzene rings is 2. The number of anilines is 1. The van der Waals surface area contributed by atoms with Crippen LogP contribution in [-0.4, -0.2) is 40.4 Å². The smallest absolute Gasteiger partial charge is 0.204 e. The number of para-hydroxylation sites is 2. The normalized spacial score (nSPS) is 10.9. The third-order valence-corrected chi connectivity index (χ3v) is 5.23. The molecule has 2 heterocycles. The molecule has 4 aromatic rings. The Morgan fingerprint density at radius 3 is 2.52 bits per heavy atom. The quantitative estimate of drug-likeness (QED) is 0.418. The van der Waals surface area contributed by atoms with Gasteiger partial charge in [-0.25, -0.2) is 9.97 Å². The first-order valence-electron chi connectivity index (χ1n) is 10.2. The highest BCUT2D eigenvalue weighted by atomic mass is 16.5. The van der Waals surface area contributed by atoms with Crippen LogP contribution in [0.3, 0.4) is 0 Å². The molecule has 0 saturated heterocycles. The third kappa shape index (κ3) is 4.28. The highest BCUT2D eigenvalue weighted by Gasteiger charge is 2.17. The lowest BCUT2D eigenvalue weighted by molar-refractivity contribution is 0.322. The van der Waals surface area contributed by atoms with E-state index in [1.165, 1.54) is 0 Å². The van der Waals surface area contributed by atoms with Crippen molar-refractivity contribution in [1.82, 2.24) is 19.1 Å². The zero-order chi connectivity index (χ0) is 21.6. The van der Waals surface area contributed by atoms with Gasteiger partial charge in [-0.1, -0.05) is 12.1 Å². The van der Waals surface area contributed by atoms with Gasteiger partial charge in [0.05, 0.1) is 38.7 Å². The summed E-state index contributed by atoms with van der Waals surface area (Å²) in [5.41, 5.74) is 3.03. The van der Waals surface area contributed by atoms with Gasteiger partial charge in [0.1, 0.15) is 0 Å². The summed E-state index contributed by atoms with van der Waals surface area (Å²) in [5, 5.41) is 3.48. The Hall–Kier alpha value is -3.68. The second kappa shape index (κ2) is 9.42. The number of ether oxygens (including phenoxy) is 3. The summed E-state index contributed by atoms with van der Waals surface area (Å²) in [7, 11) is 4.85. The van der Waals surface area contributed by atoms with E-state index in [-0.39, 0.29) is 0 Å². The Labute approximate surface area is 181 Å². The monoisotopic (exact) mass is 421 g/mol. The number of fused-ring (bicyclic) bond motifs is 1. The van der Waals surface area contributed by atoms with Crippen LogP contribution in [0.15, 0.2) is 55.1 Å². The van der Waals surface area contributed by atoms with Crippen molar-refractivity contribution in [2.75, 3.05) is 26.6 Å². The standard InChI is InChI=1S/C23H27N5O3/c1-29-20-10-9-17(21(30-2)22(20)31-3)15-25-23-26-18-7-4-5-8-19(18)28(23)13-6-12-27-14-11-24-16-27/h4-5,7-11,14,16H,6,12-13,15H2,1-3H3,(H,25,26). The molecule has 1 N–H and O–H groups in total. The van der Waals surface area contributed by atoms with Crippen molar-refractivity contribution >= 4 is 17.0 Å². The van der Waals surface area contributed by atoms with E-state index in [2.05, 4.69) is 25.5 Å². The van der Waals surface area contributed by atoms with Crippen molar-refractivity contribution in [2.45, 2.75) is 26.1 Å². The molecule has 0 radical (unpaired) electrons. The van der Waals surface area contributed by atoms with Crippen molar-refractivity contribution in [2.24, 2.45) is 0 Å². The Kier molecular flexibility index (Phi) is 6.26. The summed E-state index contributed by atoms with van der Waals surface area (Å²) in [6.45, 7) is 2.27. The highest BCUT2D eigenvalue weighted by molar-refractivity contribution is 5.78. The number of nitrogens with one attached hydrogen (secondary N) is 1. The fourth-order valence-electron chi connectivity index (χ4n) is 3.74. The van der Waals surface area contributed by atoms with Gasteiger partial charge in [-0.05, 0) is 30.7 Å². The van der Waals surface area contributed by atoms with Gasteiger partial charge >= 0.3 is 0 Å². The Morgan fingerprint density at radius 2 is 1.77 bits per heavy atom. The Balaban J connectivity index is 1.57. The molecule has 0 saturated carbocycles. The van der Waals surface area contributed by atoms with Crippen molar-refractivity contribution in [1.29, 1.82) is 0 Å².